The Hall–Kier alpha value is -3.57. The highest BCUT2D eigenvalue weighted by molar-refractivity contribution is 5.90. The minimum atomic E-state index is -1.54. The van der Waals surface area contributed by atoms with Gasteiger partial charge in [-0.1, -0.05) is 0 Å². The van der Waals surface area contributed by atoms with Crippen molar-refractivity contribution in [3.63, 3.8) is 0 Å². The standard InChI is InChI=1S/C23H22O10/c1-10-19(27)21(29)22(30)23(32-10)31-7-6-13-14(25)8-17-18(20(13)28)15(26)9-16(33-17)11-2-4-12(24)5-3-11/h2-10,19,21-25,27-30H,1H3/b7-6+/t10-,19-,21+,22+,23+/m0/s1. The van der Waals surface area contributed by atoms with Crippen LogP contribution in [0.15, 0.2) is 51.9 Å². The van der Waals surface area contributed by atoms with Crippen LogP contribution in [0.2, 0.25) is 0 Å². The average Bonchev–Trinajstić information content (AvgIpc) is 2.77. The van der Waals surface area contributed by atoms with E-state index in [0.29, 0.717) is 5.56 Å². The second kappa shape index (κ2) is 8.75. The molecule has 0 saturated carbocycles. The molecule has 0 unspecified atom stereocenters. The molecule has 0 radical (unpaired) electrons. The van der Waals surface area contributed by atoms with Gasteiger partial charge in [-0.3, -0.25) is 4.79 Å². The Morgan fingerprint density at radius 1 is 0.970 bits per heavy atom. The third-order valence-electron chi connectivity index (χ3n) is 5.42. The number of rotatable bonds is 4. The van der Waals surface area contributed by atoms with Crippen molar-refractivity contribution in [3.05, 3.63) is 58.4 Å². The van der Waals surface area contributed by atoms with E-state index in [2.05, 4.69) is 0 Å². The zero-order chi connectivity index (χ0) is 23.9. The molecule has 4 rings (SSSR count). The molecule has 6 N–H and O–H groups in total. The van der Waals surface area contributed by atoms with Crippen LogP contribution in [0.3, 0.4) is 0 Å². The summed E-state index contributed by atoms with van der Waals surface area (Å²) in [5, 5.41) is 59.8. The first-order chi connectivity index (χ1) is 15.7. The fraction of sp³-hybridized carbons (Fsp3) is 0.261. The van der Waals surface area contributed by atoms with E-state index in [0.717, 1.165) is 18.4 Å². The fourth-order valence-electron chi connectivity index (χ4n) is 3.55. The first-order valence-corrected chi connectivity index (χ1v) is 10.0. The Morgan fingerprint density at radius 3 is 2.36 bits per heavy atom. The lowest BCUT2D eigenvalue weighted by Gasteiger charge is -2.38. The highest BCUT2D eigenvalue weighted by atomic mass is 16.7. The molecule has 1 aliphatic heterocycles. The lowest BCUT2D eigenvalue weighted by Crippen LogP contribution is -2.56. The van der Waals surface area contributed by atoms with Crippen LogP contribution in [0.5, 0.6) is 17.2 Å². The number of fused-ring (bicyclic) bond motifs is 1. The number of phenols is 3. The van der Waals surface area contributed by atoms with E-state index >= 15 is 0 Å². The van der Waals surface area contributed by atoms with Gasteiger partial charge in [-0.2, -0.15) is 0 Å². The molecule has 2 aromatic carbocycles. The quantitative estimate of drug-likeness (QED) is 0.314. The smallest absolute Gasteiger partial charge is 0.228 e. The molecule has 1 saturated heterocycles. The van der Waals surface area contributed by atoms with E-state index in [9.17, 15) is 35.4 Å². The van der Waals surface area contributed by atoms with E-state index in [-0.39, 0.29) is 28.0 Å². The maximum atomic E-state index is 12.7. The highest BCUT2D eigenvalue weighted by Crippen LogP contribution is 2.36. The van der Waals surface area contributed by atoms with Gasteiger partial charge in [-0.05, 0) is 37.3 Å². The highest BCUT2D eigenvalue weighted by Gasteiger charge is 2.42. The number of hydrogen-bond acceptors (Lipinski definition) is 10. The largest absolute Gasteiger partial charge is 0.508 e. The van der Waals surface area contributed by atoms with Gasteiger partial charge >= 0.3 is 0 Å². The Kier molecular flexibility index (Phi) is 6.00. The van der Waals surface area contributed by atoms with Crippen LogP contribution in [0.4, 0.5) is 0 Å². The van der Waals surface area contributed by atoms with Crippen molar-refractivity contribution in [2.24, 2.45) is 0 Å². The maximum absolute atomic E-state index is 12.7. The second-order valence-electron chi connectivity index (χ2n) is 7.67. The molecule has 1 aromatic heterocycles. The fourth-order valence-corrected chi connectivity index (χ4v) is 3.55. The molecule has 0 bridgehead atoms. The molecular weight excluding hydrogens is 436 g/mol. The average molecular weight is 458 g/mol. The Labute approximate surface area is 186 Å². The number of aromatic hydroxyl groups is 3. The van der Waals surface area contributed by atoms with Gasteiger partial charge in [-0.25, -0.2) is 0 Å². The third kappa shape index (κ3) is 4.24. The lowest BCUT2D eigenvalue weighted by atomic mass is 10.0. The number of hydrogen-bond donors (Lipinski definition) is 6. The van der Waals surface area contributed by atoms with Crippen molar-refractivity contribution in [1.29, 1.82) is 0 Å². The molecular formula is C23H22O10. The van der Waals surface area contributed by atoms with Gasteiger partial charge in [0.05, 0.1) is 17.9 Å². The number of ether oxygens (including phenoxy) is 2. The van der Waals surface area contributed by atoms with E-state index in [4.69, 9.17) is 13.9 Å². The zero-order valence-corrected chi connectivity index (χ0v) is 17.3. The van der Waals surface area contributed by atoms with E-state index in [1.165, 1.54) is 25.1 Å². The van der Waals surface area contributed by atoms with Gasteiger partial charge in [0.1, 0.15) is 52.3 Å². The summed E-state index contributed by atoms with van der Waals surface area (Å²) in [6.45, 7) is 1.49. The molecule has 0 spiro atoms. The Balaban J connectivity index is 1.64. The van der Waals surface area contributed by atoms with E-state index in [1.54, 1.807) is 12.1 Å². The Bertz CT molecular complexity index is 1250. The molecule has 10 nitrogen and oxygen atoms in total. The summed E-state index contributed by atoms with van der Waals surface area (Å²) in [5.74, 6) is -0.747. The maximum Gasteiger partial charge on any atom is 0.228 e. The summed E-state index contributed by atoms with van der Waals surface area (Å²) in [7, 11) is 0. The van der Waals surface area contributed by atoms with Crippen LogP contribution in [-0.4, -0.2) is 61.3 Å². The minimum Gasteiger partial charge on any atom is -0.508 e. The van der Waals surface area contributed by atoms with Crippen LogP contribution in [-0.2, 0) is 9.47 Å². The predicted molar refractivity (Wildman–Crippen MR) is 115 cm³/mol. The summed E-state index contributed by atoms with van der Waals surface area (Å²) < 4.78 is 16.2. The number of aliphatic hydroxyl groups is 3. The van der Waals surface area contributed by atoms with Crippen molar-refractivity contribution >= 4 is 17.0 Å². The van der Waals surface area contributed by atoms with Crippen molar-refractivity contribution in [2.75, 3.05) is 0 Å². The summed E-state index contributed by atoms with van der Waals surface area (Å²) >= 11 is 0. The monoisotopic (exact) mass is 458 g/mol. The van der Waals surface area contributed by atoms with Crippen LogP contribution in [0.1, 0.15) is 12.5 Å². The number of benzene rings is 2. The van der Waals surface area contributed by atoms with Crippen LogP contribution >= 0.6 is 0 Å². The molecule has 1 aliphatic rings. The molecule has 1 fully saturated rings. The second-order valence-corrected chi connectivity index (χ2v) is 7.67. The number of aliphatic hydroxyl groups excluding tert-OH is 3. The van der Waals surface area contributed by atoms with E-state index in [1.807, 2.05) is 0 Å². The lowest BCUT2D eigenvalue weighted by molar-refractivity contribution is -0.278. The molecule has 3 aromatic rings. The molecule has 33 heavy (non-hydrogen) atoms. The molecule has 5 atom stereocenters. The van der Waals surface area contributed by atoms with Gasteiger partial charge in [0.2, 0.25) is 6.29 Å². The zero-order valence-electron chi connectivity index (χ0n) is 17.3. The van der Waals surface area contributed by atoms with Crippen molar-refractivity contribution in [1.82, 2.24) is 0 Å². The summed E-state index contributed by atoms with van der Waals surface area (Å²) in [6, 6.07) is 8.29. The number of phenolic OH excluding ortho intramolecular Hbond substituents is 3. The topological polar surface area (TPSA) is 170 Å². The minimum absolute atomic E-state index is 0.0436. The normalized spacial score (nSPS) is 25.5. The molecule has 2 heterocycles. The summed E-state index contributed by atoms with van der Waals surface area (Å²) in [6.07, 6.45) is -4.27. The van der Waals surface area contributed by atoms with Crippen LogP contribution in [0, 0.1) is 0 Å². The first-order valence-electron chi connectivity index (χ1n) is 10.0. The van der Waals surface area contributed by atoms with Gasteiger partial charge in [0.15, 0.2) is 5.43 Å². The molecule has 10 heteroatoms. The van der Waals surface area contributed by atoms with Crippen LogP contribution < -0.4 is 5.43 Å². The van der Waals surface area contributed by atoms with Crippen molar-refractivity contribution in [2.45, 2.75) is 37.6 Å². The van der Waals surface area contributed by atoms with Gasteiger partial charge in [0, 0.05) is 17.7 Å². The van der Waals surface area contributed by atoms with Gasteiger partial charge < -0.3 is 44.5 Å². The molecule has 174 valence electrons. The summed E-state index contributed by atoms with van der Waals surface area (Å²) in [4.78, 5) is 12.7. The molecule has 0 amide bonds. The van der Waals surface area contributed by atoms with Crippen LogP contribution in [0.25, 0.3) is 28.4 Å². The van der Waals surface area contributed by atoms with Crippen molar-refractivity contribution in [3.8, 4) is 28.6 Å². The predicted octanol–water partition coefficient (Wildman–Crippen LogP) is 1.39. The van der Waals surface area contributed by atoms with Gasteiger partial charge in [0.25, 0.3) is 0 Å². The molecule has 0 aliphatic carbocycles. The Morgan fingerprint density at radius 2 is 1.67 bits per heavy atom. The van der Waals surface area contributed by atoms with Gasteiger partial charge in [-0.15, -0.1) is 0 Å². The van der Waals surface area contributed by atoms with E-state index < -0.39 is 47.6 Å². The SMILES string of the molecule is C[C@@H]1O[C@@H](O/C=C/c2c(O)cc3oc(-c4ccc(O)cc4)cc(=O)c3c2O)[C@H](O)[C@H](O)[C@H]1O. The summed E-state index contributed by atoms with van der Waals surface area (Å²) in [5.41, 5.74) is -0.262. The first kappa shape index (κ1) is 22.6. The third-order valence-corrected chi connectivity index (χ3v) is 5.42. The van der Waals surface area contributed by atoms with Crippen molar-refractivity contribution < 1.29 is 44.5 Å².